The topological polar surface area (TPSA) is 77.8 Å². The summed E-state index contributed by atoms with van der Waals surface area (Å²) in [5.74, 6) is 1.16. The summed E-state index contributed by atoms with van der Waals surface area (Å²) in [4.78, 5) is 7.87. The molecule has 0 unspecified atom stereocenters. The smallest absolute Gasteiger partial charge is 0.131 e. The minimum atomic E-state index is 0. The lowest BCUT2D eigenvalue weighted by molar-refractivity contribution is 0.979. The van der Waals surface area contributed by atoms with Crippen LogP contribution in [-0.4, -0.2) is 9.97 Å². The molecule has 0 saturated heterocycles. The average molecular weight is 175 g/mol. The predicted molar refractivity (Wildman–Crippen MR) is 46.3 cm³/mol. The third kappa shape index (κ3) is 2.32. The number of aromatic nitrogens is 2. The molecule has 0 spiro atoms. The maximum absolute atomic E-state index is 5.50. The van der Waals surface area contributed by atoms with E-state index in [1.807, 2.05) is 0 Å². The number of hydrogen-bond donors (Lipinski definition) is 2. The molecule has 0 atom stereocenters. The molecule has 0 amide bonds. The highest BCUT2D eigenvalue weighted by Gasteiger charge is 1.97. The van der Waals surface area contributed by atoms with E-state index in [1.165, 1.54) is 0 Å². The van der Waals surface area contributed by atoms with Crippen LogP contribution in [0.4, 0.5) is 5.82 Å². The largest absolute Gasteiger partial charge is 0.383 e. The fourth-order valence-corrected chi connectivity index (χ4v) is 0.670. The number of rotatable bonds is 1. The molecule has 0 aliphatic carbocycles. The first-order chi connectivity index (χ1) is 4.74. The van der Waals surface area contributed by atoms with Gasteiger partial charge in [0.05, 0.1) is 0 Å². The van der Waals surface area contributed by atoms with Crippen molar-refractivity contribution in [3.8, 4) is 0 Å². The van der Waals surface area contributed by atoms with Crippen molar-refractivity contribution in [2.45, 2.75) is 13.5 Å². The van der Waals surface area contributed by atoms with Gasteiger partial charge in [0.25, 0.3) is 0 Å². The molecule has 1 aromatic heterocycles. The Bertz CT molecular complexity index is 238. The Morgan fingerprint density at radius 2 is 2.18 bits per heavy atom. The zero-order valence-electron chi connectivity index (χ0n) is 6.24. The molecule has 62 valence electrons. The third-order valence-electron chi connectivity index (χ3n) is 1.24. The third-order valence-corrected chi connectivity index (χ3v) is 1.24. The van der Waals surface area contributed by atoms with E-state index < -0.39 is 0 Å². The molecule has 4 nitrogen and oxygen atoms in total. The number of aryl methyl sites for hydroxylation is 1. The number of nitrogens with two attached hydrogens (primary N) is 2. The molecule has 1 rings (SSSR count). The summed E-state index contributed by atoms with van der Waals surface area (Å²) in [5.41, 5.74) is 11.6. The highest BCUT2D eigenvalue weighted by Crippen LogP contribution is 2.04. The molecule has 0 saturated carbocycles. The molecule has 5 heteroatoms. The van der Waals surface area contributed by atoms with Crippen LogP contribution in [0.25, 0.3) is 0 Å². The first-order valence-corrected chi connectivity index (χ1v) is 3.02. The van der Waals surface area contributed by atoms with Crippen molar-refractivity contribution in [3.05, 3.63) is 17.6 Å². The van der Waals surface area contributed by atoms with Gasteiger partial charge in [-0.1, -0.05) is 0 Å². The standard InChI is InChI=1S/C6H10N4.ClH/c1-4-9-3-5(2-7)6(8)10-4;/h3H,2,7H2,1H3,(H2,8,9,10);1H. The second-order valence-electron chi connectivity index (χ2n) is 2.03. The summed E-state index contributed by atoms with van der Waals surface area (Å²) < 4.78 is 0. The van der Waals surface area contributed by atoms with Crippen molar-refractivity contribution >= 4 is 18.2 Å². The molecule has 0 bridgehead atoms. The van der Waals surface area contributed by atoms with Crippen molar-refractivity contribution in [2.24, 2.45) is 5.73 Å². The average Bonchev–Trinajstić information content (AvgIpc) is 1.88. The lowest BCUT2D eigenvalue weighted by Gasteiger charge is -1.99. The van der Waals surface area contributed by atoms with E-state index in [-0.39, 0.29) is 12.4 Å². The van der Waals surface area contributed by atoms with Gasteiger partial charge in [0, 0.05) is 18.3 Å². The van der Waals surface area contributed by atoms with Crippen LogP contribution in [0.2, 0.25) is 0 Å². The van der Waals surface area contributed by atoms with Crippen LogP contribution in [0.5, 0.6) is 0 Å². The lowest BCUT2D eigenvalue weighted by atomic mass is 10.3. The fourth-order valence-electron chi connectivity index (χ4n) is 0.670. The van der Waals surface area contributed by atoms with Gasteiger partial charge in [-0.05, 0) is 6.92 Å². The second-order valence-corrected chi connectivity index (χ2v) is 2.03. The zero-order valence-corrected chi connectivity index (χ0v) is 7.06. The van der Waals surface area contributed by atoms with Gasteiger partial charge in [-0.15, -0.1) is 12.4 Å². The Balaban J connectivity index is 0.000001000. The number of nitrogen functional groups attached to an aromatic ring is 1. The normalized spacial score (nSPS) is 8.91. The summed E-state index contributed by atoms with van der Waals surface area (Å²) in [6.07, 6.45) is 1.65. The molecule has 0 aliphatic rings. The molecule has 0 fully saturated rings. The molecular weight excluding hydrogens is 164 g/mol. The quantitative estimate of drug-likeness (QED) is 0.640. The summed E-state index contributed by atoms with van der Waals surface area (Å²) in [5, 5.41) is 0. The first-order valence-electron chi connectivity index (χ1n) is 3.02. The van der Waals surface area contributed by atoms with Crippen LogP contribution in [0.15, 0.2) is 6.20 Å². The summed E-state index contributed by atoms with van der Waals surface area (Å²) in [6, 6.07) is 0. The van der Waals surface area contributed by atoms with E-state index in [1.54, 1.807) is 13.1 Å². The van der Waals surface area contributed by atoms with Gasteiger partial charge < -0.3 is 11.5 Å². The van der Waals surface area contributed by atoms with E-state index >= 15 is 0 Å². The number of halogens is 1. The molecule has 1 aromatic rings. The Morgan fingerprint density at radius 1 is 1.55 bits per heavy atom. The number of hydrogen-bond acceptors (Lipinski definition) is 4. The van der Waals surface area contributed by atoms with Crippen LogP contribution >= 0.6 is 12.4 Å². The SMILES string of the molecule is Cc1ncc(CN)c(N)n1.Cl. The molecule has 0 aromatic carbocycles. The van der Waals surface area contributed by atoms with Gasteiger partial charge in [0.2, 0.25) is 0 Å². The molecule has 4 N–H and O–H groups in total. The van der Waals surface area contributed by atoms with Crippen LogP contribution in [-0.2, 0) is 6.54 Å². The van der Waals surface area contributed by atoms with E-state index in [2.05, 4.69) is 9.97 Å². The van der Waals surface area contributed by atoms with E-state index in [0.29, 0.717) is 18.2 Å². The first kappa shape index (κ1) is 10.1. The Morgan fingerprint density at radius 3 is 2.64 bits per heavy atom. The van der Waals surface area contributed by atoms with E-state index in [9.17, 15) is 0 Å². The fraction of sp³-hybridized carbons (Fsp3) is 0.333. The van der Waals surface area contributed by atoms with Gasteiger partial charge in [-0.2, -0.15) is 0 Å². The summed E-state index contributed by atoms with van der Waals surface area (Å²) in [7, 11) is 0. The van der Waals surface area contributed by atoms with Crippen LogP contribution in [0.3, 0.4) is 0 Å². The lowest BCUT2D eigenvalue weighted by Crippen LogP contribution is -2.05. The minimum Gasteiger partial charge on any atom is -0.383 e. The molecule has 0 radical (unpaired) electrons. The van der Waals surface area contributed by atoms with Crippen molar-refractivity contribution < 1.29 is 0 Å². The number of nitrogens with zero attached hydrogens (tertiary/aromatic N) is 2. The van der Waals surface area contributed by atoms with Gasteiger partial charge in [-0.25, -0.2) is 9.97 Å². The molecule has 0 aliphatic heterocycles. The predicted octanol–water partition coefficient (Wildman–Crippen LogP) is 0.248. The van der Waals surface area contributed by atoms with Gasteiger partial charge >= 0.3 is 0 Å². The maximum atomic E-state index is 5.50. The Hall–Kier alpha value is -0.870. The van der Waals surface area contributed by atoms with Crippen LogP contribution in [0.1, 0.15) is 11.4 Å². The molecule has 1 heterocycles. The van der Waals surface area contributed by atoms with E-state index in [0.717, 1.165) is 5.56 Å². The summed E-state index contributed by atoms with van der Waals surface area (Å²) in [6.45, 7) is 2.18. The second kappa shape index (κ2) is 4.10. The highest BCUT2D eigenvalue weighted by atomic mass is 35.5. The Kier molecular flexibility index (Phi) is 3.78. The Labute approximate surface area is 71.4 Å². The van der Waals surface area contributed by atoms with Crippen molar-refractivity contribution in [2.75, 3.05) is 5.73 Å². The van der Waals surface area contributed by atoms with Gasteiger partial charge in [-0.3, -0.25) is 0 Å². The molecule has 11 heavy (non-hydrogen) atoms. The van der Waals surface area contributed by atoms with Crippen molar-refractivity contribution in [1.29, 1.82) is 0 Å². The van der Waals surface area contributed by atoms with Gasteiger partial charge in [0.15, 0.2) is 0 Å². The van der Waals surface area contributed by atoms with E-state index in [4.69, 9.17) is 11.5 Å². The van der Waals surface area contributed by atoms with Crippen molar-refractivity contribution in [3.63, 3.8) is 0 Å². The number of anilines is 1. The highest BCUT2D eigenvalue weighted by molar-refractivity contribution is 5.85. The van der Waals surface area contributed by atoms with Gasteiger partial charge in [0.1, 0.15) is 11.6 Å². The van der Waals surface area contributed by atoms with Crippen LogP contribution < -0.4 is 11.5 Å². The van der Waals surface area contributed by atoms with Crippen LogP contribution in [0, 0.1) is 6.92 Å². The molecular formula is C6H11ClN4. The zero-order chi connectivity index (χ0) is 7.56. The van der Waals surface area contributed by atoms with Crippen molar-refractivity contribution in [1.82, 2.24) is 9.97 Å². The summed E-state index contributed by atoms with van der Waals surface area (Å²) >= 11 is 0. The minimum absolute atomic E-state index is 0. The monoisotopic (exact) mass is 174 g/mol. The maximum Gasteiger partial charge on any atom is 0.131 e.